The Bertz CT molecular complexity index is 859. The summed E-state index contributed by atoms with van der Waals surface area (Å²) >= 11 is 0. The number of likely N-dealkylation sites (tertiary alicyclic amines) is 1. The Labute approximate surface area is 170 Å². The molecule has 7 nitrogen and oxygen atoms in total. The molecule has 1 aromatic carbocycles. The van der Waals surface area contributed by atoms with Gasteiger partial charge in [0.25, 0.3) is 5.91 Å². The number of rotatable bonds is 2. The molecule has 0 saturated carbocycles. The van der Waals surface area contributed by atoms with Crippen molar-refractivity contribution in [3.05, 3.63) is 34.9 Å². The Morgan fingerprint density at radius 2 is 1.97 bits per heavy atom. The van der Waals surface area contributed by atoms with Crippen molar-refractivity contribution in [2.45, 2.75) is 63.2 Å². The number of piperidine rings is 1. The van der Waals surface area contributed by atoms with Crippen molar-refractivity contribution in [3.8, 4) is 0 Å². The van der Waals surface area contributed by atoms with Crippen LogP contribution in [-0.2, 0) is 16.0 Å². The van der Waals surface area contributed by atoms with Gasteiger partial charge in [0.2, 0.25) is 5.91 Å². The molecule has 2 fully saturated rings. The molecule has 0 aromatic heterocycles. The van der Waals surface area contributed by atoms with Gasteiger partial charge < -0.3 is 20.1 Å². The van der Waals surface area contributed by atoms with Gasteiger partial charge in [-0.15, -0.1) is 0 Å². The first-order valence-corrected chi connectivity index (χ1v) is 10.3. The van der Waals surface area contributed by atoms with Crippen molar-refractivity contribution in [2.75, 3.05) is 19.7 Å². The maximum Gasteiger partial charge on any atom is 0.254 e. The number of ketones is 1. The summed E-state index contributed by atoms with van der Waals surface area (Å²) in [6, 6.07) is 5.40. The number of aliphatic hydroxyl groups is 1. The van der Waals surface area contributed by atoms with Crippen molar-refractivity contribution in [1.29, 1.82) is 0 Å². The zero-order valence-corrected chi connectivity index (χ0v) is 17.0. The number of hydrogen-bond donors (Lipinski definition) is 2. The van der Waals surface area contributed by atoms with Crippen LogP contribution >= 0.6 is 0 Å². The smallest absolute Gasteiger partial charge is 0.254 e. The molecule has 2 amide bonds. The highest BCUT2D eigenvalue weighted by Crippen LogP contribution is 2.40. The minimum Gasteiger partial charge on any atom is -0.388 e. The lowest BCUT2D eigenvalue weighted by Gasteiger charge is -2.51. The molecule has 7 heteroatoms. The summed E-state index contributed by atoms with van der Waals surface area (Å²) < 4.78 is 6.03. The molecule has 4 rings (SSSR count). The predicted molar refractivity (Wildman–Crippen MR) is 106 cm³/mol. The molecule has 3 aliphatic rings. The Balaban J connectivity index is 1.47. The molecule has 2 N–H and O–H groups in total. The molecule has 156 valence electrons. The second-order valence-corrected chi connectivity index (χ2v) is 8.83. The van der Waals surface area contributed by atoms with Crippen LogP contribution < -0.4 is 5.32 Å². The summed E-state index contributed by atoms with van der Waals surface area (Å²) in [7, 11) is 0. The fourth-order valence-electron chi connectivity index (χ4n) is 5.11. The summed E-state index contributed by atoms with van der Waals surface area (Å²) in [6.07, 6.45) is 2.15. The third-order valence-electron chi connectivity index (χ3n) is 6.70. The van der Waals surface area contributed by atoms with E-state index in [-0.39, 0.29) is 24.2 Å². The third kappa shape index (κ3) is 3.57. The van der Waals surface area contributed by atoms with E-state index in [1.54, 1.807) is 12.1 Å². The number of nitrogens with one attached hydrogen (secondary N) is 1. The Hall–Kier alpha value is -2.25. The second-order valence-electron chi connectivity index (χ2n) is 8.83. The maximum absolute atomic E-state index is 13.1. The molecule has 1 aromatic rings. The molecule has 0 radical (unpaired) electrons. The van der Waals surface area contributed by atoms with E-state index in [4.69, 9.17) is 4.74 Å². The number of carbonyl (C=O) groups excluding carboxylic acids is 3. The molecule has 1 spiro atoms. The number of hydrogen-bond acceptors (Lipinski definition) is 5. The van der Waals surface area contributed by atoms with Gasteiger partial charge in [0.05, 0.1) is 17.7 Å². The quantitative estimate of drug-likeness (QED) is 0.784. The van der Waals surface area contributed by atoms with E-state index in [0.717, 1.165) is 5.56 Å². The van der Waals surface area contributed by atoms with Crippen molar-refractivity contribution in [1.82, 2.24) is 10.2 Å². The van der Waals surface area contributed by atoms with Gasteiger partial charge in [-0.3, -0.25) is 14.4 Å². The van der Waals surface area contributed by atoms with E-state index in [1.807, 2.05) is 17.9 Å². The zero-order valence-electron chi connectivity index (χ0n) is 17.0. The molecule has 29 heavy (non-hydrogen) atoms. The van der Waals surface area contributed by atoms with E-state index >= 15 is 0 Å². The number of nitrogens with zero attached hydrogens (tertiary/aromatic N) is 1. The van der Waals surface area contributed by atoms with Crippen molar-refractivity contribution in [2.24, 2.45) is 0 Å². The number of carbonyl (C=O) groups is 3. The molecule has 0 bridgehead atoms. The predicted octanol–water partition coefficient (Wildman–Crippen LogP) is 1.47. The van der Waals surface area contributed by atoms with Gasteiger partial charge in [0.15, 0.2) is 5.78 Å². The fraction of sp³-hybridized carbons (Fsp3) is 0.591. The number of Topliss-reactive ketones (excluding diaryl/α,β-unsaturated/α-hetero) is 1. The van der Waals surface area contributed by atoms with Crippen LogP contribution in [0, 0.1) is 0 Å². The number of aliphatic hydroxyl groups excluding tert-OH is 1. The van der Waals surface area contributed by atoms with Crippen molar-refractivity contribution >= 4 is 17.6 Å². The van der Waals surface area contributed by atoms with Crippen molar-refractivity contribution < 1.29 is 24.2 Å². The maximum atomic E-state index is 13.1. The highest BCUT2D eigenvalue weighted by molar-refractivity contribution is 6.05. The minimum absolute atomic E-state index is 0.0353. The minimum atomic E-state index is -0.763. The molecule has 2 saturated heterocycles. The topological polar surface area (TPSA) is 95.9 Å². The lowest BCUT2D eigenvalue weighted by molar-refractivity contribution is -0.179. The standard InChI is InChI=1S/C22H28N2O5/c1-14(25)23-21(2)13-22(29-12-19(21)27)8-10-24(11-9-22)20(28)17-5-3-4-16-15(17)6-7-18(16)26/h3-5,19,27H,6-13H2,1-2H3,(H,23,25)/t19-,21-/m0/s1. The monoisotopic (exact) mass is 400 g/mol. The van der Waals surface area contributed by atoms with Gasteiger partial charge in [-0.05, 0) is 37.8 Å². The molecular weight excluding hydrogens is 372 g/mol. The van der Waals surface area contributed by atoms with Gasteiger partial charge >= 0.3 is 0 Å². The summed E-state index contributed by atoms with van der Waals surface area (Å²) in [5.74, 6) is -0.103. The number of amides is 2. The van der Waals surface area contributed by atoms with Crippen LogP contribution in [0.15, 0.2) is 18.2 Å². The van der Waals surface area contributed by atoms with Crippen LogP contribution in [0.3, 0.4) is 0 Å². The average molecular weight is 400 g/mol. The van der Waals surface area contributed by atoms with Gasteiger partial charge in [-0.25, -0.2) is 0 Å². The van der Waals surface area contributed by atoms with Crippen molar-refractivity contribution in [3.63, 3.8) is 0 Å². The van der Waals surface area contributed by atoms with Crippen LogP contribution in [-0.4, -0.2) is 64.5 Å². The molecule has 2 atom stereocenters. The van der Waals surface area contributed by atoms with Crippen LogP contribution in [0.2, 0.25) is 0 Å². The van der Waals surface area contributed by atoms with E-state index in [1.165, 1.54) is 6.92 Å². The average Bonchev–Trinajstić information content (AvgIpc) is 3.06. The third-order valence-corrected chi connectivity index (χ3v) is 6.70. The molecule has 0 unspecified atom stereocenters. The van der Waals surface area contributed by atoms with Crippen LogP contribution in [0.5, 0.6) is 0 Å². The van der Waals surface area contributed by atoms with Crippen LogP contribution in [0.4, 0.5) is 0 Å². The highest BCUT2D eigenvalue weighted by Gasteiger charge is 2.50. The van der Waals surface area contributed by atoms with E-state index < -0.39 is 17.2 Å². The van der Waals surface area contributed by atoms with E-state index in [2.05, 4.69) is 5.32 Å². The second kappa shape index (κ2) is 7.22. The van der Waals surface area contributed by atoms with E-state index in [0.29, 0.717) is 56.3 Å². The van der Waals surface area contributed by atoms with Gasteiger partial charge in [0.1, 0.15) is 6.10 Å². The Morgan fingerprint density at radius 1 is 1.24 bits per heavy atom. The highest BCUT2D eigenvalue weighted by atomic mass is 16.5. The van der Waals surface area contributed by atoms with Crippen LogP contribution in [0.25, 0.3) is 0 Å². The molecule has 1 aliphatic carbocycles. The molecular formula is C22H28N2O5. The summed E-state index contributed by atoms with van der Waals surface area (Å²) in [4.78, 5) is 38.6. The van der Waals surface area contributed by atoms with Crippen LogP contribution in [0.1, 0.15) is 65.8 Å². The Morgan fingerprint density at radius 3 is 2.66 bits per heavy atom. The number of benzene rings is 1. The fourth-order valence-corrected chi connectivity index (χ4v) is 5.11. The number of fused-ring (bicyclic) bond motifs is 1. The largest absolute Gasteiger partial charge is 0.388 e. The normalized spacial score (nSPS) is 28.3. The van der Waals surface area contributed by atoms with Gasteiger partial charge in [-0.1, -0.05) is 12.1 Å². The molecule has 2 aliphatic heterocycles. The SMILES string of the molecule is CC(=O)N[C@@]1(C)CC2(CCN(C(=O)c3cccc4c3CCC4=O)CC2)OC[C@@H]1O. The Kier molecular flexibility index (Phi) is 4.99. The first-order valence-electron chi connectivity index (χ1n) is 10.3. The summed E-state index contributed by atoms with van der Waals surface area (Å²) in [5.41, 5.74) is 0.990. The molecule has 2 heterocycles. The number of ether oxygens (including phenoxy) is 1. The lowest BCUT2D eigenvalue weighted by atomic mass is 9.74. The first-order chi connectivity index (χ1) is 13.7. The van der Waals surface area contributed by atoms with Gasteiger partial charge in [0, 0.05) is 44.0 Å². The van der Waals surface area contributed by atoms with Gasteiger partial charge in [-0.2, -0.15) is 0 Å². The zero-order chi connectivity index (χ0) is 20.8. The lowest BCUT2D eigenvalue weighted by Crippen LogP contribution is -2.65. The van der Waals surface area contributed by atoms with E-state index in [9.17, 15) is 19.5 Å². The first kappa shape index (κ1) is 20.0. The summed E-state index contributed by atoms with van der Waals surface area (Å²) in [5, 5.41) is 13.2. The summed E-state index contributed by atoms with van der Waals surface area (Å²) in [6.45, 7) is 4.56.